The summed E-state index contributed by atoms with van der Waals surface area (Å²) in [6.45, 7) is 7.97. The van der Waals surface area contributed by atoms with Gasteiger partial charge in [0, 0.05) is 33.3 Å². The molecule has 0 aliphatic carbocycles. The first-order valence-electron chi connectivity index (χ1n) is 9.25. The van der Waals surface area contributed by atoms with Crippen LogP contribution in [0.15, 0.2) is 60.7 Å². The Kier molecular flexibility index (Phi) is 4.47. The lowest BCUT2D eigenvalue weighted by Gasteiger charge is -2.12. The second-order valence-electron chi connectivity index (χ2n) is 7.30. The van der Waals surface area contributed by atoms with Gasteiger partial charge in [0.25, 0.3) is 0 Å². The highest BCUT2D eigenvalue weighted by Crippen LogP contribution is 2.32. The predicted molar refractivity (Wildman–Crippen MR) is 113 cm³/mol. The van der Waals surface area contributed by atoms with E-state index >= 15 is 0 Å². The van der Waals surface area contributed by atoms with Crippen molar-refractivity contribution >= 4 is 21.8 Å². The molecule has 4 heteroatoms. The van der Waals surface area contributed by atoms with Crippen molar-refractivity contribution in [2.75, 3.05) is 0 Å². The van der Waals surface area contributed by atoms with Gasteiger partial charge in [-0.05, 0) is 38.8 Å². The number of aromatic nitrogens is 2. The van der Waals surface area contributed by atoms with Crippen molar-refractivity contribution in [3.05, 3.63) is 83.2 Å². The molecule has 2 aromatic heterocycles. The number of nitrogens with zero attached hydrogens (tertiary/aromatic N) is 2. The van der Waals surface area contributed by atoms with Crippen molar-refractivity contribution in [1.29, 1.82) is 0 Å². The zero-order valence-electron chi connectivity index (χ0n) is 16.0. The predicted octanol–water partition coefficient (Wildman–Crippen LogP) is 5.15. The van der Waals surface area contributed by atoms with Gasteiger partial charge in [0.15, 0.2) is 0 Å². The second kappa shape index (κ2) is 6.97. The van der Waals surface area contributed by atoms with Gasteiger partial charge in [0.05, 0.1) is 0 Å². The smallest absolute Gasteiger partial charge is 0.145 e. The first-order valence-corrected chi connectivity index (χ1v) is 9.25. The number of benzene rings is 2. The summed E-state index contributed by atoms with van der Waals surface area (Å²) in [6.07, 6.45) is 1.02. The third-order valence-electron chi connectivity index (χ3n) is 5.00. The number of rotatable bonds is 4. The maximum Gasteiger partial charge on any atom is 0.145 e. The van der Waals surface area contributed by atoms with E-state index in [0.717, 1.165) is 38.9 Å². The van der Waals surface area contributed by atoms with Gasteiger partial charge in [0.1, 0.15) is 22.5 Å². The van der Waals surface area contributed by atoms with Gasteiger partial charge in [-0.25, -0.2) is 9.97 Å². The number of phenolic OH excluding ortho intramolecular Hbond substituents is 2. The van der Waals surface area contributed by atoms with Crippen molar-refractivity contribution < 1.29 is 10.2 Å². The van der Waals surface area contributed by atoms with E-state index in [9.17, 15) is 10.2 Å². The van der Waals surface area contributed by atoms with Gasteiger partial charge in [-0.3, -0.25) is 0 Å². The Balaban J connectivity index is 1.61. The molecule has 0 saturated carbocycles. The first kappa shape index (κ1) is 18.0. The molecule has 0 bridgehead atoms. The van der Waals surface area contributed by atoms with Crippen LogP contribution < -0.4 is 0 Å². The summed E-state index contributed by atoms with van der Waals surface area (Å²) in [5.41, 5.74) is 5.40. The molecular weight excluding hydrogens is 348 g/mol. The van der Waals surface area contributed by atoms with Crippen LogP contribution in [-0.4, -0.2) is 20.2 Å². The number of hydrogen-bond donors (Lipinski definition) is 2. The van der Waals surface area contributed by atoms with Crippen LogP contribution in [-0.2, 0) is 12.8 Å². The largest absolute Gasteiger partial charge is 0.505 e. The van der Waals surface area contributed by atoms with Gasteiger partial charge < -0.3 is 10.2 Å². The van der Waals surface area contributed by atoms with E-state index in [1.165, 1.54) is 0 Å². The number of allylic oxidation sites excluding steroid dienone is 1. The molecule has 0 amide bonds. The molecule has 0 aliphatic heterocycles. The molecule has 2 aromatic carbocycles. The molecule has 0 spiro atoms. The summed E-state index contributed by atoms with van der Waals surface area (Å²) in [5, 5.41) is 23.1. The Morgan fingerprint density at radius 2 is 1.11 bits per heavy atom. The van der Waals surface area contributed by atoms with Gasteiger partial charge in [-0.1, -0.05) is 48.6 Å². The molecule has 0 atom stereocenters. The number of hydrogen-bond acceptors (Lipinski definition) is 4. The molecule has 140 valence electrons. The van der Waals surface area contributed by atoms with Gasteiger partial charge in [-0.2, -0.15) is 0 Å². The summed E-state index contributed by atoms with van der Waals surface area (Å²) in [7, 11) is 0. The van der Waals surface area contributed by atoms with Crippen LogP contribution in [0, 0.1) is 13.8 Å². The highest BCUT2D eigenvalue weighted by molar-refractivity contribution is 5.86. The summed E-state index contributed by atoms with van der Waals surface area (Å²) in [4.78, 5) is 8.91. The Hall–Kier alpha value is -3.40. The maximum atomic E-state index is 10.7. The van der Waals surface area contributed by atoms with Crippen molar-refractivity contribution in [2.24, 2.45) is 0 Å². The summed E-state index contributed by atoms with van der Waals surface area (Å²) >= 11 is 0. The number of pyridine rings is 2. The van der Waals surface area contributed by atoms with E-state index in [0.29, 0.717) is 23.9 Å². The van der Waals surface area contributed by atoms with Crippen LogP contribution in [0.1, 0.15) is 22.5 Å². The fraction of sp³-hybridized carbons (Fsp3) is 0.167. The Bertz CT molecular complexity index is 1130. The molecule has 28 heavy (non-hydrogen) atoms. The molecule has 4 nitrogen and oxygen atoms in total. The van der Waals surface area contributed by atoms with Crippen LogP contribution in [0.25, 0.3) is 21.8 Å². The Morgan fingerprint density at radius 1 is 0.714 bits per heavy atom. The number of aromatic hydroxyl groups is 2. The number of phenols is 2. The van der Waals surface area contributed by atoms with Gasteiger partial charge >= 0.3 is 0 Å². The van der Waals surface area contributed by atoms with E-state index in [1.807, 2.05) is 62.4 Å². The van der Waals surface area contributed by atoms with E-state index in [1.54, 1.807) is 0 Å². The minimum absolute atomic E-state index is 0.197. The topological polar surface area (TPSA) is 66.2 Å². The van der Waals surface area contributed by atoms with E-state index in [-0.39, 0.29) is 11.5 Å². The highest BCUT2D eigenvalue weighted by atomic mass is 16.3. The average molecular weight is 370 g/mol. The molecule has 0 aliphatic rings. The van der Waals surface area contributed by atoms with Crippen molar-refractivity contribution in [3.8, 4) is 11.5 Å². The minimum atomic E-state index is 0.197. The highest BCUT2D eigenvalue weighted by Gasteiger charge is 2.13. The van der Waals surface area contributed by atoms with Crippen molar-refractivity contribution in [1.82, 2.24) is 9.97 Å². The third kappa shape index (κ3) is 3.29. The van der Waals surface area contributed by atoms with Crippen LogP contribution in [0.3, 0.4) is 0 Å². The summed E-state index contributed by atoms with van der Waals surface area (Å²) < 4.78 is 0. The lowest BCUT2D eigenvalue weighted by molar-refractivity contribution is 0.472. The van der Waals surface area contributed by atoms with Gasteiger partial charge in [-0.15, -0.1) is 0 Å². The SMILES string of the molecule is C=C(Cc1ccc2ccc(C)nc2c1O)Cc1ccc2ccc(C)nc2c1O. The fourth-order valence-electron chi connectivity index (χ4n) is 3.51. The number of fused-ring (bicyclic) bond motifs is 2. The average Bonchev–Trinajstić information content (AvgIpc) is 2.67. The van der Waals surface area contributed by atoms with Gasteiger partial charge in [0.2, 0.25) is 0 Å². The van der Waals surface area contributed by atoms with Crippen LogP contribution in [0.5, 0.6) is 11.5 Å². The minimum Gasteiger partial charge on any atom is -0.505 e. The number of aryl methyl sites for hydroxylation is 2. The zero-order valence-corrected chi connectivity index (χ0v) is 16.0. The zero-order chi connectivity index (χ0) is 19.8. The first-order chi connectivity index (χ1) is 13.4. The second-order valence-corrected chi connectivity index (χ2v) is 7.30. The quantitative estimate of drug-likeness (QED) is 0.487. The Morgan fingerprint density at radius 3 is 1.54 bits per heavy atom. The monoisotopic (exact) mass is 370 g/mol. The molecular formula is C24H22N2O2. The van der Waals surface area contributed by atoms with Crippen LogP contribution >= 0.6 is 0 Å². The lowest BCUT2D eigenvalue weighted by Crippen LogP contribution is -1.97. The molecule has 0 unspecified atom stereocenters. The molecule has 2 N–H and O–H groups in total. The summed E-state index contributed by atoms with van der Waals surface area (Å²) in [5.74, 6) is 0.393. The standard InChI is InChI=1S/C24H22N2O2/c1-14(12-19-10-8-17-6-4-15(2)25-21(17)23(19)27)13-20-11-9-18-7-5-16(3)26-22(18)24(20)28/h4-11,27-28H,1,12-13H2,2-3H3. The normalized spacial score (nSPS) is 11.2. The Labute approximate surface area is 163 Å². The maximum absolute atomic E-state index is 10.7. The fourth-order valence-corrected chi connectivity index (χ4v) is 3.51. The van der Waals surface area contributed by atoms with E-state index in [4.69, 9.17) is 0 Å². The molecule has 0 radical (unpaired) electrons. The van der Waals surface area contributed by atoms with Crippen molar-refractivity contribution in [3.63, 3.8) is 0 Å². The molecule has 0 saturated heterocycles. The summed E-state index contributed by atoms with van der Waals surface area (Å²) in [6, 6.07) is 15.5. The molecule has 0 fully saturated rings. The molecule has 4 aromatic rings. The third-order valence-corrected chi connectivity index (χ3v) is 5.00. The van der Waals surface area contributed by atoms with E-state index in [2.05, 4.69) is 16.5 Å². The van der Waals surface area contributed by atoms with E-state index < -0.39 is 0 Å². The lowest BCUT2D eigenvalue weighted by atomic mass is 9.96. The molecule has 2 heterocycles. The van der Waals surface area contributed by atoms with Crippen LogP contribution in [0.4, 0.5) is 0 Å². The molecule has 4 rings (SSSR count). The van der Waals surface area contributed by atoms with Crippen LogP contribution in [0.2, 0.25) is 0 Å². The van der Waals surface area contributed by atoms with Crippen molar-refractivity contribution in [2.45, 2.75) is 26.7 Å².